The van der Waals surface area contributed by atoms with Crippen LogP contribution >= 0.6 is 0 Å². The van der Waals surface area contributed by atoms with Crippen LogP contribution in [0.4, 0.5) is 14.5 Å². The van der Waals surface area contributed by atoms with Crippen LogP contribution in [0.2, 0.25) is 0 Å². The van der Waals surface area contributed by atoms with Crippen molar-refractivity contribution in [2.45, 2.75) is 6.54 Å². The Bertz CT molecular complexity index is 630. The zero-order valence-electron chi connectivity index (χ0n) is 11.1. The molecular weight excluding hydrogens is 278 g/mol. The first-order valence-corrected chi connectivity index (χ1v) is 6.26. The molecule has 0 bridgehead atoms. The Kier molecular flexibility index (Phi) is 4.84. The van der Waals surface area contributed by atoms with Gasteiger partial charge in [-0.1, -0.05) is 6.07 Å². The van der Waals surface area contributed by atoms with Gasteiger partial charge in [0.05, 0.1) is 0 Å². The second-order valence-corrected chi connectivity index (χ2v) is 4.26. The summed E-state index contributed by atoms with van der Waals surface area (Å²) in [6.45, 7) is -0.324. The van der Waals surface area contributed by atoms with Crippen molar-refractivity contribution < 1.29 is 18.3 Å². The monoisotopic (exact) mass is 292 g/mol. The molecule has 0 spiro atoms. The van der Waals surface area contributed by atoms with Crippen LogP contribution in [0.25, 0.3) is 0 Å². The van der Waals surface area contributed by atoms with E-state index in [9.17, 15) is 13.6 Å². The Balaban J connectivity index is 1.95. The van der Waals surface area contributed by atoms with Crippen molar-refractivity contribution in [3.8, 4) is 5.75 Å². The fourth-order valence-electron chi connectivity index (χ4n) is 1.75. The maximum absolute atomic E-state index is 13.5. The van der Waals surface area contributed by atoms with E-state index in [0.717, 1.165) is 0 Å². The van der Waals surface area contributed by atoms with Gasteiger partial charge in [0.1, 0.15) is 17.4 Å². The van der Waals surface area contributed by atoms with E-state index >= 15 is 0 Å². The van der Waals surface area contributed by atoms with Crippen molar-refractivity contribution in [3.63, 3.8) is 0 Å². The van der Waals surface area contributed by atoms with Gasteiger partial charge >= 0.3 is 0 Å². The highest BCUT2D eigenvalue weighted by Gasteiger charge is 2.10. The van der Waals surface area contributed by atoms with Gasteiger partial charge in [-0.2, -0.15) is 0 Å². The second-order valence-electron chi connectivity index (χ2n) is 4.26. The van der Waals surface area contributed by atoms with Crippen molar-refractivity contribution in [3.05, 3.63) is 59.7 Å². The highest BCUT2D eigenvalue weighted by atomic mass is 19.1. The number of rotatable bonds is 5. The van der Waals surface area contributed by atoms with Crippen molar-refractivity contribution in [2.24, 2.45) is 5.73 Å². The number of nitrogens with two attached hydrogens (primary N) is 1. The standard InChI is InChI=1S/C15H14F2N2O2/c16-10-4-6-11(7-5-10)19-15(20)9-21-14-3-1-2-13(17)12(14)8-18/h1-7H,8-9,18H2,(H,19,20). The van der Waals surface area contributed by atoms with Crippen LogP contribution in [0.3, 0.4) is 0 Å². The molecule has 0 fully saturated rings. The topological polar surface area (TPSA) is 64.3 Å². The summed E-state index contributed by atoms with van der Waals surface area (Å²) in [5.74, 6) is -1.08. The molecule has 0 unspecified atom stereocenters. The fraction of sp³-hybridized carbons (Fsp3) is 0.133. The molecule has 0 aromatic heterocycles. The third-order valence-corrected chi connectivity index (χ3v) is 2.77. The molecule has 0 saturated carbocycles. The fourth-order valence-corrected chi connectivity index (χ4v) is 1.75. The molecule has 2 aromatic rings. The number of halogens is 2. The van der Waals surface area contributed by atoms with Gasteiger partial charge in [-0.3, -0.25) is 4.79 Å². The average Bonchev–Trinajstić information content (AvgIpc) is 2.47. The van der Waals surface area contributed by atoms with Gasteiger partial charge in [-0.25, -0.2) is 8.78 Å². The lowest BCUT2D eigenvalue weighted by atomic mass is 10.2. The summed E-state index contributed by atoms with van der Waals surface area (Å²) in [7, 11) is 0. The van der Waals surface area contributed by atoms with Crippen LogP contribution in [-0.4, -0.2) is 12.5 Å². The number of carbonyl (C=O) groups is 1. The zero-order valence-corrected chi connectivity index (χ0v) is 11.1. The van der Waals surface area contributed by atoms with E-state index in [1.165, 1.54) is 42.5 Å². The lowest BCUT2D eigenvalue weighted by molar-refractivity contribution is -0.118. The van der Waals surface area contributed by atoms with Crippen LogP contribution in [0.1, 0.15) is 5.56 Å². The number of carbonyl (C=O) groups excluding carboxylic acids is 1. The maximum Gasteiger partial charge on any atom is 0.262 e. The van der Waals surface area contributed by atoms with E-state index in [1.54, 1.807) is 0 Å². The van der Waals surface area contributed by atoms with Crippen molar-refractivity contribution in [2.75, 3.05) is 11.9 Å². The Morgan fingerprint density at radius 1 is 1.14 bits per heavy atom. The van der Waals surface area contributed by atoms with Gasteiger partial charge in [0.15, 0.2) is 6.61 Å². The first-order chi connectivity index (χ1) is 10.1. The van der Waals surface area contributed by atoms with E-state index in [-0.39, 0.29) is 24.5 Å². The molecule has 2 aromatic carbocycles. The number of anilines is 1. The molecule has 0 aliphatic carbocycles. The Morgan fingerprint density at radius 3 is 2.52 bits per heavy atom. The Labute approximate surface area is 120 Å². The van der Waals surface area contributed by atoms with E-state index < -0.39 is 17.5 Å². The minimum atomic E-state index is -0.478. The highest BCUT2D eigenvalue weighted by molar-refractivity contribution is 5.91. The van der Waals surface area contributed by atoms with E-state index in [4.69, 9.17) is 10.5 Å². The Morgan fingerprint density at radius 2 is 1.86 bits per heavy atom. The van der Waals surface area contributed by atoms with E-state index in [2.05, 4.69) is 5.32 Å². The average molecular weight is 292 g/mol. The molecule has 0 atom stereocenters. The molecule has 0 aliphatic rings. The molecule has 110 valence electrons. The second kappa shape index (κ2) is 6.81. The normalized spacial score (nSPS) is 10.2. The molecule has 6 heteroatoms. The minimum Gasteiger partial charge on any atom is -0.483 e. The molecule has 0 aliphatic heterocycles. The summed E-state index contributed by atoms with van der Waals surface area (Å²) in [5.41, 5.74) is 6.10. The number of benzene rings is 2. The van der Waals surface area contributed by atoms with Gasteiger partial charge < -0.3 is 15.8 Å². The largest absolute Gasteiger partial charge is 0.483 e. The SMILES string of the molecule is NCc1c(F)cccc1OCC(=O)Nc1ccc(F)cc1. The third-order valence-electron chi connectivity index (χ3n) is 2.77. The summed E-state index contributed by atoms with van der Waals surface area (Å²) in [6, 6.07) is 9.61. The predicted octanol–water partition coefficient (Wildman–Crippen LogP) is 2.44. The van der Waals surface area contributed by atoms with Gasteiger partial charge in [0, 0.05) is 17.8 Å². The molecule has 3 N–H and O–H groups in total. The number of amides is 1. The summed E-state index contributed by atoms with van der Waals surface area (Å²) in [4.78, 5) is 11.7. The lowest BCUT2D eigenvalue weighted by Crippen LogP contribution is -2.21. The van der Waals surface area contributed by atoms with Gasteiger partial charge in [-0.15, -0.1) is 0 Å². The summed E-state index contributed by atoms with van der Waals surface area (Å²) >= 11 is 0. The molecule has 0 radical (unpaired) electrons. The zero-order chi connectivity index (χ0) is 15.2. The first-order valence-electron chi connectivity index (χ1n) is 6.26. The van der Waals surface area contributed by atoms with Crippen LogP contribution < -0.4 is 15.8 Å². The molecule has 21 heavy (non-hydrogen) atoms. The first kappa shape index (κ1) is 14.9. The molecule has 4 nitrogen and oxygen atoms in total. The summed E-state index contributed by atoms with van der Waals surface area (Å²) < 4.78 is 31.5. The van der Waals surface area contributed by atoms with Gasteiger partial charge in [0.25, 0.3) is 5.91 Å². The summed E-state index contributed by atoms with van der Waals surface area (Å²) in [5, 5.41) is 2.54. The van der Waals surface area contributed by atoms with Gasteiger partial charge in [-0.05, 0) is 36.4 Å². The van der Waals surface area contributed by atoms with E-state index in [0.29, 0.717) is 5.69 Å². The van der Waals surface area contributed by atoms with Crippen molar-refractivity contribution >= 4 is 11.6 Å². The van der Waals surface area contributed by atoms with Crippen LogP contribution in [0.15, 0.2) is 42.5 Å². The van der Waals surface area contributed by atoms with E-state index in [1.807, 2.05) is 0 Å². The molecular formula is C15H14F2N2O2. The summed E-state index contributed by atoms with van der Waals surface area (Å²) in [6.07, 6.45) is 0. The van der Waals surface area contributed by atoms with Gasteiger partial charge in [0.2, 0.25) is 0 Å². The molecule has 1 amide bonds. The van der Waals surface area contributed by atoms with Crippen LogP contribution in [0, 0.1) is 11.6 Å². The number of hydrogen-bond acceptors (Lipinski definition) is 3. The smallest absolute Gasteiger partial charge is 0.262 e. The van der Waals surface area contributed by atoms with Crippen LogP contribution in [-0.2, 0) is 11.3 Å². The molecule has 0 heterocycles. The van der Waals surface area contributed by atoms with Crippen LogP contribution in [0.5, 0.6) is 5.75 Å². The van der Waals surface area contributed by atoms with Crippen molar-refractivity contribution in [1.29, 1.82) is 0 Å². The lowest BCUT2D eigenvalue weighted by Gasteiger charge is -2.11. The number of ether oxygens (including phenoxy) is 1. The number of hydrogen-bond donors (Lipinski definition) is 2. The van der Waals surface area contributed by atoms with Crippen molar-refractivity contribution in [1.82, 2.24) is 0 Å². The predicted molar refractivity (Wildman–Crippen MR) is 74.8 cm³/mol. The molecule has 0 saturated heterocycles. The highest BCUT2D eigenvalue weighted by Crippen LogP contribution is 2.20. The Hall–Kier alpha value is -2.47. The quantitative estimate of drug-likeness (QED) is 0.889. The minimum absolute atomic E-state index is 0.0262. The maximum atomic E-state index is 13.5. The molecule has 2 rings (SSSR count). The number of nitrogens with one attached hydrogen (secondary N) is 1. The third kappa shape index (κ3) is 4.00.